The molecule has 5 atom stereocenters. The van der Waals surface area contributed by atoms with Crippen LogP contribution in [0.2, 0.25) is 0 Å². The number of nitrogens with two attached hydrogens (primary N) is 1. The third kappa shape index (κ3) is 3.33. The Balaban J connectivity index is 1.93. The first-order valence-electron chi connectivity index (χ1n) is 6.67. The van der Waals surface area contributed by atoms with E-state index in [4.69, 9.17) is 20.3 Å². The average Bonchev–Trinajstić information content (AvgIpc) is 3.00. The quantitative estimate of drug-likeness (QED) is 0.186. The lowest BCUT2D eigenvalue weighted by Gasteiger charge is -2.21. The van der Waals surface area contributed by atoms with E-state index in [1.807, 2.05) is 0 Å². The molecule has 0 spiro atoms. The third-order valence-corrected chi connectivity index (χ3v) is 3.99. The first kappa shape index (κ1) is 18.0. The Morgan fingerprint density at radius 1 is 1.36 bits per heavy atom. The number of phosphoric ester groups is 1. The van der Waals surface area contributed by atoms with E-state index in [2.05, 4.69) is 19.5 Å². The second-order valence-corrected chi connectivity index (χ2v) is 6.35. The summed E-state index contributed by atoms with van der Waals surface area (Å²) in [6.07, 6.45) is -8.94. The molecular formula is C10H13FN5O8P. The van der Waals surface area contributed by atoms with Crippen LogP contribution >= 0.6 is 7.82 Å². The van der Waals surface area contributed by atoms with Crippen LogP contribution in [-0.2, 0) is 13.8 Å². The van der Waals surface area contributed by atoms with Crippen molar-refractivity contribution in [1.82, 2.24) is 19.5 Å². The Morgan fingerprint density at radius 3 is 2.68 bits per heavy atom. The third-order valence-electron chi connectivity index (χ3n) is 3.50. The minimum Gasteiger partial charge on any atom is -0.387 e. The van der Waals surface area contributed by atoms with Gasteiger partial charge in [0.25, 0.3) is 0 Å². The molecule has 1 unspecified atom stereocenters. The number of phosphoric acid groups is 1. The Hall–Kier alpha value is -1.77. The second-order valence-electron chi connectivity index (χ2n) is 5.16. The van der Waals surface area contributed by atoms with Crippen molar-refractivity contribution >= 4 is 24.8 Å². The van der Waals surface area contributed by atoms with Gasteiger partial charge in [-0.3, -0.25) is 9.09 Å². The number of hydrogen-bond donors (Lipinski definition) is 6. The highest BCUT2D eigenvalue weighted by Gasteiger charge is 2.49. The van der Waals surface area contributed by atoms with Gasteiger partial charge < -0.3 is 35.6 Å². The van der Waals surface area contributed by atoms with E-state index < -0.39 is 44.7 Å². The summed E-state index contributed by atoms with van der Waals surface area (Å²) in [5.41, 5.74) is 5.35. The Kier molecular flexibility index (Phi) is 4.47. The monoisotopic (exact) mass is 381 g/mol. The number of anilines is 1. The number of aliphatic hydroxyl groups is 3. The molecule has 25 heavy (non-hydrogen) atoms. The number of nitrogens with zero attached hydrogens (tertiary/aromatic N) is 4. The molecule has 138 valence electrons. The van der Waals surface area contributed by atoms with Crippen molar-refractivity contribution in [3.63, 3.8) is 0 Å². The summed E-state index contributed by atoms with van der Waals surface area (Å²) in [5.74, 6) is -0.268. The molecule has 13 nitrogen and oxygen atoms in total. The van der Waals surface area contributed by atoms with Crippen LogP contribution in [0.5, 0.6) is 0 Å². The van der Waals surface area contributed by atoms with Gasteiger partial charge in [0.15, 0.2) is 29.5 Å². The smallest absolute Gasteiger partial charge is 0.387 e. The number of ether oxygens (including phenoxy) is 1. The van der Waals surface area contributed by atoms with Crippen LogP contribution in [0.15, 0.2) is 6.33 Å². The van der Waals surface area contributed by atoms with Gasteiger partial charge in [0.2, 0.25) is 0 Å². The largest absolute Gasteiger partial charge is 0.472 e. The summed E-state index contributed by atoms with van der Waals surface area (Å²) in [6.45, 7) is 0. The number of rotatable bonds is 4. The molecule has 1 aliphatic heterocycles. The maximum atomic E-state index is 13.4. The fraction of sp³-hybridized carbons (Fsp3) is 0.500. The van der Waals surface area contributed by atoms with E-state index >= 15 is 0 Å². The molecular weight excluding hydrogens is 368 g/mol. The van der Waals surface area contributed by atoms with Crippen LogP contribution < -0.4 is 5.73 Å². The number of aliphatic hydroxyl groups excluding tert-OH is 3. The molecule has 1 saturated heterocycles. The molecule has 0 aromatic carbocycles. The van der Waals surface area contributed by atoms with Crippen LogP contribution in [-0.4, -0.2) is 69.2 Å². The van der Waals surface area contributed by atoms with E-state index in [9.17, 15) is 24.3 Å². The predicted octanol–water partition coefficient (Wildman–Crippen LogP) is -2.41. The SMILES string of the molecule is Nc1nc(F)nc2c1ncn2[C@@H]1O[C@H](C(O)OP(=O)(O)O)[C@@H](O)[C@@H]1O. The van der Waals surface area contributed by atoms with Gasteiger partial charge in [0.1, 0.15) is 18.3 Å². The maximum absolute atomic E-state index is 13.4. The molecule has 1 fully saturated rings. The van der Waals surface area contributed by atoms with Crippen molar-refractivity contribution in [2.45, 2.75) is 30.8 Å². The minimum atomic E-state index is -5.08. The topological polar surface area (TPSA) is 206 Å². The lowest BCUT2D eigenvalue weighted by atomic mass is 10.1. The lowest BCUT2D eigenvalue weighted by molar-refractivity contribution is -0.161. The molecule has 0 amide bonds. The van der Waals surface area contributed by atoms with Crippen LogP contribution in [0.25, 0.3) is 11.2 Å². The van der Waals surface area contributed by atoms with Crippen molar-refractivity contribution in [1.29, 1.82) is 0 Å². The van der Waals surface area contributed by atoms with Crippen LogP contribution in [0.4, 0.5) is 10.2 Å². The number of nitrogen functional groups attached to an aromatic ring is 1. The van der Waals surface area contributed by atoms with Crippen LogP contribution in [0.1, 0.15) is 6.23 Å². The molecule has 1 aliphatic rings. The fourth-order valence-electron chi connectivity index (χ4n) is 2.45. The van der Waals surface area contributed by atoms with E-state index in [-0.39, 0.29) is 17.0 Å². The summed E-state index contributed by atoms with van der Waals surface area (Å²) >= 11 is 0. The van der Waals surface area contributed by atoms with E-state index in [0.717, 1.165) is 10.9 Å². The molecule has 3 heterocycles. The summed E-state index contributed by atoms with van der Waals surface area (Å²) in [5, 5.41) is 29.7. The molecule has 0 saturated carbocycles. The molecule has 2 aromatic heterocycles. The first-order valence-corrected chi connectivity index (χ1v) is 8.20. The molecule has 2 aromatic rings. The normalized spacial score (nSPS) is 28.6. The summed E-state index contributed by atoms with van der Waals surface area (Å²) in [6, 6.07) is 0. The summed E-state index contributed by atoms with van der Waals surface area (Å²) in [7, 11) is -5.08. The number of fused-ring (bicyclic) bond motifs is 1. The van der Waals surface area contributed by atoms with E-state index in [1.54, 1.807) is 0 Å². The van der Waals surface area contributed by atoms with Crippen molar-refractivity contribution in [2.75, 3.05) is 5.73 Å². The second kappa shape index (κ2) is 6.19. The standard InChI is InChI=1S/C10H13FN5O8P/c11-10-14-6(12)2-7(15-10)16(1-13-2)8-4(18)3(17)5(23-8)9(19)24-25(20,21)22/h1,3-5,8-9,17-19H,(H2,12,14,15)(H2,20,21,22)/t3-,4-,5-,8+,9?/m0/s1. The van der Waals surface area contributed by atoms with E-state index in [0.29, 0.717) is 0 Å². The van der Waals surface area contributed by atoms with Gasteiger partial charge in [-0.1, -0.05) is 0 Å². The van der Waals surface area contributed by atoms with Gasteiger partial charge in [-0.25, -0.2) is 9.55 Å². The molecule has 15 heteroatoms. The predicted molar refractivity (Wildman–Crippen MR) is 74.8 cm³/mol. The van der Waals surface area contributed by atoms with Gasteiger partial charge in [0, 0.05) is 0 Å². The van der Waals surface area contributed by atoms with E-state index in [1.165, 1.54) is 0 Å². The average molecular weight is 381 g/mol. The summed E-state index contributed by atoms with van der Waals surface area (Å²) < 4.78 is 34.4. The number of aromatic nitrogens is 4. The van der Waals surface area contributed by atoms with Crippen molar-refractivity contribution in [3.05, 3.63) is 12.4 Å². The zero-order chi connectivity index (χ0) is 18.5. The van der Waals surface area contributed by atoms with Gasteiger partial charge in [-0.2, -0.15) is 14.4 Å². The van der Waals surface area contributed by atoms with Crippen molar-refractivity contribution in [3.8, 4) is 0 Å². The molecule has 0 radical (unpaired) electrons. The van der Waals surface area contributed by atoms with Crippen molar-refractivity contribution in [2.24, 2.45) is 0 Å². The van der Waals surface area contributed by atoms with Crippen LogP contribution in [0, 0.1) is 6.08 Å². The van der Waals surface area contributed by atoms with Gasteiger partial charge in [0.05, 0.1) is 6.33 Å². The number of imidazole rings is 1. The number of hydrogen-bond acceptors (Lipinski definition) is 10. The lowest BCUT2D eigenvalue weighted by Crippen LogP contribution is -2.39. The summed E-state index contributed by atoms with van der Waals surface area (Å²) in [4.78, 5) is 28.0. The molecule has 0 bridgehead atoms. The highest BCUT2D eigenvalue weighted by Crippen LogP contribution is 2.41. The molecule has 0 aliphatic carbocycles. The minimum absolute atomic E-state index is 0.00200. The van der Waals surface area contributed by atoms with Crippen molar-refractivity contribution < 1.29 is 43.3 Å². The first-order chi connectivity index (χ1) is 11.6. The Labute approximate surface area is 137 Å². The molecule has 7 N–H and O–H groups in total. The van der Waals surface area contributed by atoms with Gasteiger partial charge in [-0.05, 0) is 0 Å². The zero-order valence-corrected chi connectivity index (χ0v) is 13.0. The highest BCUT2D eigenvalue weighted by atomic mass is 31.2. The van der Waals surface area contributed by atoms with Gasteiger partial charge in [-0.15, -0.1) is 0 Å². The molecule has 3 rings (SSSR count). The van der Waals surface area contributed by atoms with Gasteiger partial charge >= 0.3 is 13.9 Å². The number of halogens is 1. The fourth-order valence-corrected chi connectivity index (χ4v) is 2.85. The maximum Gasteiger partial charge on any atom is 0.472 e. The highest BCUT2D eigenvalue weighted by molar-refractivity contribution is 7.46. The Morgan fingerprint density at radius 2 is 2.04 bits per heavy atom. The zero-order valence-electron chi connectivity index (χ0n) is 12.1. The Bertz CT molecular complexity index is 844. The van der Waals surface area contributed by atoms with Crippen LogP contribution in [0.3, 0.4) is 0 Å².